The van der Waals surface area contributed by atoms with Crippen LogP contribution >= 0.6 is 11.5 Å². The summed E-state index contributed by atoms with van der Waals surface area (Å²) in [6.07, 6.45) is 2.15. The number of nitrogen functional groups attached to an aromatic ring is 1. The molecule has 0 aliphatic rings. The largest absolute Gasteiger partial charge is 0.487 e. The molecule has 1 heterocycles. The third-order valence-electron chi connectivity index (χ3n) is 3.13. The number of rotatable bonds is 9. The lowest BCUT2D eigenvalue weighted by molar-refractivity contribution is 0.202. The lowest BCUT2D eigenvalue weighted by Crippen LogP contribution is -2.36. The van der Waals surface area contributed by atoms with Crippen LogP contribution in [0.1, 0.15) is 33.6 Å². The van der Waals surface area contributed by atoms with Gasteiger partial charge in [-0.3, -0.25) is 0 Å². The highest BCUT2D eigenvalue weighted by atomic mass is 32.1. The Morgan fingerprint density at radius 1 is 1.32 bits per heavy atom. The predicted molar refractivity (Wildman–Crippen MR) is 81.3 cm³/mol. The molecule has 0 fully saturated rings. The molecule has 0 spiro atoms. The van der Waals surface area contributed by atoms with Crippen molar-refractivity contribution in [2.45, 2.75) is 39.7 Å². The van der Waals surface area contributed by atoms with Gasteiger partial charge in [0.05, 0.1) is 13.2 Å². The van der Waals surface area contributed by atoms with E-state index in [-0.39, 0.29) is 0 Å². The van der Waals surface area contributed by atoms with Crippen LogP contribution in [0.15, 0.2) is 0 Å². The number of ether oxygens (including phenoxy) is 2. The van der Waals surface area contributed by atoms with Crippen molar-refractivity contribution in [3.8, 4) is 5.75 Å². The van der Waals surface area contributed by atoms with Gasteiger partial charge in [-0.15, -0.1) is 0 Å². The van der Waals surface area contributed by atoms with Crippen LogP contribution in [0.2, 0.25) is 0 Å². The van der Waals surface area contributed by atoms with Crippen LogP contribution in [0.25, 0.3) is 0 Å². The normalized spacial score (nSPS) is 11.0. The summed E-state index contributed by atoms with van der Waals surface area (Å²) in [5, 5.41) is 1.02. The Kier molecular flexibility index (Phi) is 6.94. The van der Waals surface area contributed by atoms with Crippen molar-refractivity contribution in [3.63, 3.8) is 0 Å². The molecule has 0 saturated heterocycles. The Labute approximate surface area is 119 Å². The topological polar surface area (TPSA) is 60.6 Å². The number of nitrogens with zero attached hydrogens (tertiary/aromatic N) is 2. The molecule has 0 amide bonds. The average molecular weight is 287 g/mol. The van der Waals surface area contributed by atoms with Gasteiger partial charge in [-0.05, 0) is 31.3 Å². The van der Waals surface area contributed by atoms with Gasteiger partial charge in [0.2, 0.25) is 0 Å². The van der Waals surface area contributed by atoms with Crippen LogP contribution in [0.3, 0.4) is 0 Å². The van der Waals surface area contributed by atoms with Gasteiger partial charge in [-0.25, -0.2) is 0 Å². The van der Waals surface area contributed by atoms with Crippen molar-refractivity contribution in [3.05, 3.63) is 0 Å². The van der Waals surface area contributed by atoms with E-state index < -0.39 is 0 Å². The van der Waals surface area contributed by atoms with Crippen molar-refractivity contribution in [2.24, 2.45) is 0 Å². The number of nitrogens with two attached hydrogens (primary N) is 1. The fraction of sp³-hybridized carbons (Fsp3) is 0.769. The molecule has 0 radical (unpaired) electrons. The van der Waals surface area contributed by atoms with Crippen molar-refractivity contribution in [1.29, 1.82) is 0 Å². The predicted octanol–water partition coefficient (Wildman–Crippen LogP) is 2.77. The highest BCUT2D eigenvalue weighted by molar-refractivity contribution is 7.11. The molecule has 1 aromatic heterocycles. The first-order valence-corrected chi connectivity index (χ1v) is 7.60. The van der Waals surface area contributed by atoms with Gasteiger partial charge in [-0.1, -0.05) is 13.8 Å². The van der Waals surface area contributed by atoms with Crippen LogP contribution in [0.4, 0.5) is 10.8 Å². The SMILES string of the molecule is CCOc1c(N)nsc1N(CCOC)C(CC)CC. The van der Waals surface area contributed by atoms with E-state index in [0.717, 1.165) is 30.1 Å². The van der Waals surface area contributed by atoms with E-state index in [9.17, 15) is 0 Å². The van der Waals surface area contributed by atoms with Crippen LogP contribution in [0.5, 0.6) is 5.75 Å². The molecule has 1 aromatic rings. The second-order valence-corrected chi connectivity index (χ2v) is 5.04. The highest BCUT2D eigenvalue weighted by Crippen LogP contribution is 2.39. The van der Waals surface area contributed by atoms with Crippen LogP contribution in [0, 0.1) is 0 Å². The minimum atomic E-state index is 0.453. The third kappa shape index (κ3) is 3.98. The van der Waals surface area contributed by atoms with Crippen LogP contribution in [-0.2, 0) is 4.74 Å². The fourth-order valence-electron chi connectivity index (χ4n) is 2.12. The zero-order chi connectivity index (χ0) is 14.3. The lowest BCUT2D eigenvalue weighted by Gasteiger charge is -2.31. The number of aromatic nitrogens is 1. The molecule has 110 valence electrons. The summed E-state index contributed by atoms with van der Waals surface area (Å²) in [4.78, 5) is 2.31. The molecule has 0 aliphatic heterocycles. The highest BCUT2D eigenvalue weighted by Gasteiger charge is 2.23. The first kappa shape index (κ1) is 16.0. The maximum Gasteiger partial charge on any atom is 0.197 e. The van der Waals surface area contributed by atoms with E-state index >= 15 is 0 Å². The monoisotopic (exact) mass is 287 g/mol. The summed E-state index contributed by atoms with van der Waals surface area (Å²) >= 11 is 1.40. The van der Waals surface area contributed by atoms with Crippen LogP contribution in [-0.4, -0.2) is 37.3 Å². The summed E-state index contributed by atoms with van der Waals surface area (Å²) in [5.74, 6) is 1.20. The minimum absolute atomic E-state index is 0.453. The molecule has 19 heavy (non-hydrogen) atoms. The van der Waals surface area contributed by atoms with Crippen molar-refractivity contribution in [1.82, 2.24) is 4.37 Å². The van der Waals surface area contributed by atoms with Crippen LogP contribution < -0.4 is 15.4 Å². The molecular weight excluding hydrogens is 262 g/mol. The Bertz CT molecular complexity index is 367. The molecular formula is C13H25N3O2S. The van der Waals surface area contributed by atoms with E-state index in [1.54, 1.807) is 7.11 Å². The quantitative estimate of drug-likeness (QED) is 0.756. The molecule has 5 nitrogen and oxygen atoms in total. The average Bonchev–Trinajstić information content (AvgIpc) is 2.77. The van der Waals surface area contributed by atoms with E-state index in [2.05, 4.69) is 23.1 Å². The molecule has 0 aromatic carbocycles. The van der Waals surface area contributed by atoms with E-state index in [0.29, 0.717) is 25.1 Å². The molecule has 2 N–H and O–H groups in total. The second kappa shape index (κ2) is 8.22. The van der Waals surface area contributed by atoms with Crippen molar-refractivity contribution >= 4 is 22.4 Å². The lowest BCUT2D eigenvalue weighted by atomic mass is 10.1. The Morgan fingerprint density at radius 2 is 2.00 bits per heavy atom. The van der Waals surface area contributed by atoms with Gasteiger partial charge >= 0.3 is 0 Å². The number of methoxy groups -OCH3 is 1. The Morgan fingerprint density at radius 3 is 2.53 bits per heavy atom. The number of anilines is 2. The van der Waals surface area contributed by atoms with E-state index in [1.165, 1.54) is 11.5 Å². The molecule has 0 aliphatic carbocycles. The Balaban J connectivity index is 3.01. The Hall–Kier alpha value is -1.01. The first-order valence-electron chi connectivity index (χ1n) is 6.82. The van der Waals surface area contributed by atoms with E-state index in [4.69, 9.17) is 15.2 Å². The minimum Gasteiger partial charge on any atom is -0.487 e. The molecule has 1 rings (SSSR count). The van der Waals surface area contributed by atoms with Crippen molar-refractivity contribution < 1.29 is 9.47 Å². The fourth-order valence-corrected chi connectivity index (χ4v) is 2.98. The van der Waals surface area contributed by atoms with Gasteiger partial charge in [-0.2, -0.15) is 4.37 Å². The summed E-state index contributed by atoms with van der Waals surface area (Å²) in [6, 6.07) is 0.453. The van der Waals surface area contributed by atoms with Gasteiger partial charge in [0, 0.05) is 19.7 Å². The standard InChI is InChI=1S/C13H25N3O2S/c1-5-10(6-2)16(8-9-17-4)13-11(18-7-3)12(14)15-19-13/h10H,5-9H2,1-4H3,(H2,14,15). The number of hydrogen-bond acceptors (Lipinski definition) is 6. The van der Waals surface area contributed by atoms with E-state index in [1.807, 2.05) is 6.92 Å². The molecule has 0 atom stereocenters. The molecule has 0 bridgehead atoms. The van der Waals surface area contributed by atoms with Crippen molar-refractivity contribution in [2.75, 3.05) is 37.5 Å². The van der Waals surface area contributed by atoms with Gasteiger partial charge in [0.1, 0.15) is 0 Å². The number of hydrogen-bond donors (Lipinski definition) is 1. The summed E-state index contributed by atoms with van der Waals surface area (Å²) in [7, 11) is 1.72. The third-order valence-corrected chi connectivity index (χ3v) is 4.01. The molecule has 0 saturated carbocycles. The maximum atomic E-state index is 5.89. The van der Waals surface area contributed by atoms with Gasteiger partial charge in [0.15, 0.2) is 16.6 Å². The summed E-state index contributed by atoms with van der Waals surface area (Å²) < 4.78 is 15.1. The van der Waals surface area contributed by atoms with Gasteiger partial charge in [0.25, 0.3) is 0 Å². The molecule has 6 heteroatoms. The zero-order valence-electron chi connectivity index (χ0n) is 12.3. The maximum absolute atomic E-state index is 5.89. The summed E-state index contributed by atoms with van der Waals surface area (Å²) in [6.45, 7) is 8.44. The zero-order valence-corrected chi connectivity index (χ0v) is 13.1. The van der Waals surface area contributed by atoms with Gasteiger partial charge < -0.3 is 20.1 Å². The summed E-state index contributed by atoms with van der Waals surface area (Å²) in [5.41, 5.74) is 5.89. The smallest absolute Gasteiger partial charge is 0.197 e. The second-order valence-electron chi connectivity index (χ2n) is 4.29. The molecule has 0 unspecified atom stereocenters. The first-order chi connectivity index (χ1) is 9.19.